The molecule has 110 valence electrons. The summed E-state index contributed by atoms with van der Waals surface area (Å²) in [5.74, 6) is 1.01. The standard InChI is InChI=1S/C14H26N2O3/c1-12(11-18-4)16(6-8-17-3)10-14-13(9-15-2)5-7-19-14/h5,7,12,15H,6,8-11H2,1-4H3. The maximum Gasteiger partial charge on any atom is 0.122 e. The molecule has 5 nitrogen and oxygen atoms in total. The largest absolute Gasteiger partial charge is 0.468 e. The van der Waals surface area contributed by atoms with Crippen molar-refractivity contribution in [2.45, 2.75) is 26.1 Å². The third-order valence-electron chi connectivity index (χ3n) is 3.17. The van der Waals surface area contributed by atoms with Crippen molar-refractivity contribution in [3.05, 3.63) is 23.7 Å². The lowest BCUT2D eigenvalue weighted by molar-refractivity contribution is 0.0661. The lowest BCUT2D eigenvalue weighted by atomic mass is 10.2. The molecule has 1 unspecified atom stereocenters. The van der Waals surface area contributed by atoms with E-state index < -0.39 is 0 Å². The van der Waals surface area contributed by atoms with Crippen LogP contribution in [0.1, 0.15) is 18.2 Å². The Hall–Kier alpha value is -0.880. The van der Waals surface area contributed by atoms with Crippen molar-refractivity contribution in [2.24, 2.45) is 0 Å². The third-order valence-corrected chi connectivity index (χ3v) is 3.17. The summed E-state index contributed by atoms with van der Waals surface area (Å²) in [5.41, 5.74) is 1.20. The number of ether oxygens (including phenoxy) is 2. The molecule has 1 atom stereocenters. The molecule has 19 heavy (non-hydrogen) atoms. The van der Waals surface area contributed by atoms with Gasteiger partial charge in [0, 0.05) is 38.9 Å². The molecule has 0 saturated carbocycles. The van der Waals surface area contributed by atoms with Crippen LogP contribution in [0.2, 0.25) is 0 Å². The van der Waals surface area contributed by atoms with E-state index >= 15 is 0 Å². The van der Waals surface area contributed by atoms with E-state index in [0.717, 1.165) is 25.4 Å². The minimum absolute atomic E-state index is 0.327. The average molecular weight is 270 g/mol. The minimum atomic E-state index is 0.327. The van der Waals surface area contributed by atoms with Crippen LogP contribution >= 0.6 is 0 Å². The van der Waals surface area contributed by atoms with Gasteiger partial charge >= 0.3 is 0 Å². The predicted molar refractivity (Wildman–Crippen MR) is 75.1 cm³/mol. The maximum absolute atomic E-state index is 5.59. The van der Waals surface area contributed by atoms with E-state index in [1.807, 2.05) is 13.1 Å². The van der Waals surface area contributed by atoms with Gasteiger partial charge in [0.25, 0.3) is 0 Å². The molecular weight excluding hydrogens is 244 g/mol. The minimum Gasteiger partial charge on any atom is -0.468 e. The molecule has 0 aromatic carbocycles. The van der Waals surface area contributed by atoms with Gasteiger partial charge in [0.05, 0.1) is 26.0 Å². The van der Waals surface area contributed by atoms with Gasteiger partial charge in [-0.2, -0.15) is 0 Å². The van der Waals surface area contributed by atoms with E-state index in [2.05, 4.69) is 17.1 Å². The van der Waals surface area contributed by atoms with Crippen LogP contribution in [0.3, 0.4) is 0 Å². The van der Waals surface area contributed by atoms with Crippen molar-refractivity contribution < 1.29 is 13.9 Å². The van der Waals surface area contributed by atoms with Crippen molar-refractivity contribution in [3.63, 3.8) is 0 Å². The van der Waals surface area contributed by atoms with Gasteiger partial charge in [-0.05, 0) is 20.0 Å². The molecule has 1 rings (SSSR count). The Balaban J connectivity index is 2.66. The fourth-order valence-corrected chi connectivity index (χ4v) is 2.05. The van der Waals surface area contributed by atoms with Gasteiger partial charge in [-0.3, -0.25) is 4.90 Å². The number of hydrogen-bond acceptors (Lipinski definition) is 5. The lowest BCUT2D eigenvalue weighted by Gasteiger charge is -2.27. The zero-order chi connectivity index (χ0) is 14.1. The molecule has 1 N–H and O–H groups in total. The van der Waals surface area contributed by atoms with Crippen molar-refractivity contribution >= 4 is 0 Å². The summed E-state index contributed by atoms with van der Waals surface area (Å²) in [6.07, 6.45) is 1.75. The fraction of sp³-hybridized carbons (Fsp3) is 0.714. The van der Waals surface area contributed by atoms with Crippen molar-refractivity contribution in [1.82, 2.24) is 10.2 Å². The van der Waals surface area contributed by atoms with Crippen LogP contribution in [0.15, 0.2) is 16.7 Å². The molecule has 0 spiro atoms. The van der Waals surface area contributed by atoms with E-state index in [1.165, 1.54) is 5.56 Å². The number of rotatable bonds is 10. The molecule has 1 heterocycles. The van der Waals surface area contributed by atoms with Crippen LogP contribution in [-0.4, -0.2) is 52.0 Å². The molecule has 0 aliphatic rings. The highest BCUT2D eigenvalue weighted by Crippen LogP contribution is 2.15. The predicted octanol–water partition coefficient (Wildman–Crippen LogP) is 1.48. The Morgan fingerprint density at radius 2 is 2.16 bits per heavy atom. The second kappa shape index (κ2) is 9.09. The molecule has 5 heteroatoms. The number of furan rings is 1. The van der Waals surface area contributed by atoms with Crippen LogP contribution < -0.4 is 5.32 Å². The van der Waals surface area contributed by atoms with Crippen LogP contribution in [0.5, 0.6) is 0 Å². The molecule has 0 fully saturated rings. The summed E-state index contributed by atoms with van der Waals surface area (Å²) in [7, 11) is 5.38. The molecule has 0 amide bonds. The highest BCUT2D eigenvalue weighted by Gasteiger charge is 2.17. The Kier molecular flexibility index (Phi) is 7.74. The van der Waals surface area contributed by atoms with Crippen LogP contribution in [0.25, 0.3) is 0 Å². The summed E-state index contributed by atoms with van der Waals surface area (Å²) in [6.45, 7) is 6.02. The molecule has 1 aromatic heterocycles. The maximum atomic E-state index is 5.59. The van der Waals surface area contributed by atoms with Crippen molar-refractivity contribution in [2.75, 3.05) is 41.0 Å². The molecule has 1 aromatic rings. The van der Waals surface area contributed by atoms with E-state index in [9.17, 15) is 0 Å². The summed E-state index contributed by atoms with van der Waals surface area (Å²) in [4.78, 5) is 2.31. The first-order valence-electron chi connectivity index (χ1n) is 6.64. The highest BCUT2D eigenvalue weighted by atomic mass is 16.5. The van der Waals surface area contributed by atoms with Gasteiger partial charge in [-0.25, -0.2) is 0 Å². The number of methoxy groups -OCH3 is 2. The van der Waals surface area contributed by atoms with Crippen molar-refractivity contribution in [1.29, 1.82) is 0 Å². The molecular formula is C14H26N2O3. The van der Waals surface area contributed by atoms with Crippen LogP contribution in [0, 0.1) is 0 Å². The van der Waals surface area contributed by atoms with E-state index in [4.69, 9.17) is 13.9 Å². The van der Waals surface area contributed by atoms with Gasteiger partial charge < -0.3 is 19.2 Å². The second-order valence-electron chi connectivity index (χ2n) is 4.67. The number of nitrogens with zero attached hydrogens (tertiary/aromatic N) is 1. The molecule has 0 aliphatic heterocycles. The Bertz CT molecular complexity index is 341. The van der Waals surface area contributed by atoms with Gasteiger partial charge in [0.15, 0.2) is 0 Å². The number of hydrogen-bond donors (Lipinski definition) is 1. The quantitative estimate of drug-likeness (QED) is 0.698. The Labute approximate surface area is 115 Å². The van der Waals surface area contributed by atoms with Crippen LogP contribution in [-0.2, 0) is 22.6 Å². The lowest BCUT2D eigenvalue weighted by Crippen LogP contribution is -2.38. The third kappa shape index (κ3) is 5.32. The Morgan fingerprint density at radius 1 is 1.37 bits per heavy atom. The van der Waals surface area contributed by atoms with Crippen LogP contribution in [0.4, 0.5) is 0 Å². The zero-order valence-corrected chi connectivity index (χ0v) is 12.4. The summed E-state index contributed by atoms with van der Waals surface area (Å²) >= 11 is 0. The van der Waals surface area contributed by atoms with E-state index in [1.54, 1.807) is 20.5 Å². The van der Waals surface area contributed by atoms with E-state index in [-0.39, 0.29) is 0 Å². The molecule has 0 radical (unpaired) electrons. The first-order valence-corrected chi connectivity index (χ1v) is 6.64. The van der Waals surface area contributed by atoms with Gasteiger partial charge in [0.2, 0.25) is 0 Å². The first-order chi connectivity index (χ1) is 9.22. The average Bonchev–Trinajstić information content (AvgIpc) is 2.82. The fourth-order valence-electron chi connectivity index (χ4n) is 2.05. The first kappa shape index (κ1) is 16.2. The zero-order valence-electron chi connectivity index (χ0n) is 12.4. The summed E-state index contributed by atoms with van der Waals surface area (Å²) < 4.78 is 16.0. The molecule has 0 saturated heterocycles. The smallest absolute Gasteiger partial charge is 0.122 e. The second-order valence-corrected chi connectivity index (χ2v) is 4.67. The number of nitrogens with one attached hydrogen (secondary N) is 1. The highest BCUT2D eigenvalue weighted by molar-refractivity contribution is 5.16. The summed E-state index contributed by atoms with van der Waals surface area (Å²) in [6, 6.07) is 2.34. The normalized spacial score (nSPS) is 13.1. The van der Waals surface area contributed by atoms with Gasteiger partial charge in [-0.15, -0.1) is 0 Å². The van der Waals surface area contributed by atoms with Gasteiger partial charge in [0.1, 0.15) is 5.76 Å². The summed E-state index contributed by atoms with van der Waals surface area (Å²) in [5, 5.41) is 3.15. The molecule has 0 aliphatic carbocycles. The molecule has 0 bridgehead atoms. The topological polar surface area (TPSA) is 46.9 Å². The monoisotopic (exact) mass is 270 g/mol. The SMILES string of the molecule is CNCc1ccoc1CN(CCOC)C(C)COC. The Morgan fingerprint density at radius 3 is 2.79 bits per heavy atom. The van der Waals surface area contributed by atoms with E-state index in [0.29, 0.717) is 19.3 Å². The van der Waals surface area contributed by atoms with Gasteiger partial charge in [-0.1, -0.05) is 0 Å². The van der Waals surface area contributed by atoms with Crippen molar-refractivity contribution in [3.8, 4) is 0 Å².